The lowest BCUT2D eigenvalue weighted by atomic mass is 10.1. The molecule has 0 saturated heterocycles. The summed E-state index contributed by atoms with van der Waals surface area (Å²) in [6.07, 6.45) is 0. The molecule has 0 fully saturated rings. The summed E-state index contributed by atoms with van der Waals surface area (Å²) in [5.74, 6) is 0.0840. The molecule has 5 nitrogen and oxygen atoms in total. The van der Waals surface area contributed by atoms with Gasteiger partial charge in [0, 0.05) is 17.5 Å². The number of halogens is 1. The number of carbonyl (C=O) groups excluding carboxylic acids is 2. The van der Waals surface area contributed by atoms with E-state index in [4.69, 9.17) is 16.3 Å². The lowest BCUT2D eigenvalue weighted by Gasteiger charge is -2.05. The summed E-state index contributed by atoms with van der Waals surface area (Å²) in [5, 5.41) is 3.63. The third kappa shape index (κ3) is 4.47. The predicted octanol–water partition coefficient (Wildman–Crippen LogP) is 4.68. The number of benzene rings is 2. The van der Waals surface area contributed by atoms with Gasteiger partial charge in [0.05, 0.1) is 10.6 Å². The topological polar surface area (TPSA) is 68.3 Å². The van der Waals surface area contributed by atoms with Crippen LogP contribution in [0.5, 0.6) is 5.75 Å². The first-order chi connectivity index (χ1) is 12.5. The van der Waals surface area contributed by atoms with Gasteiger partial charge in [0.15, 0.2) is 17.5 Å². The lowest BCUT2D eigenvalue weighted by molar-refractivity contribution is -0.118. The number of hydrogen-bond donors (Lipinski definition) is 1. The Morgan fingerprint density at radius 2 is 1.81 bits per heavy atom. The van der Waals surface area contributed by atoms with Crippen molar-refractivity contribution in [3.8, 4) is 17.0 Å². The fourth-order valence-electron chi connectivity index (χ4n) is 2.24. The van der Waals surface area contributed by atoms with Gasteiger partial charge in [-0.1, -0.05) is 53.3 Å². The minimum Gasteiger partial charge on any atom is -0.484 e. The molecule has 0 aliphatic carbocycles. The van der Waals surface area contributed by atoms with Crippen molar-refractivity contribution in [1.82, 2.24) is 4.98 Å². The van der Waals surface area contributed by atoms with Crippen LogP contribution in [0.25, 0.3) is 11.3 Å². The number of anilines is 1. The Morgan fingerprint density at radius 3 is 2.46 bits per heavy atom. The van der Waals surface area contributed by atoms with Crippen LogP contribution in [0, 0.1) is 0 Å². The molecule has 1 aromatic heterocycles. The second kappa shape index (κ2) is 8.12. The van der Waals surface area contributed by atoms with Crippen molar-refractivity contribution in [3.63, 3.8) is 0 Å². The van der Waals surface area contributed by atoms with Crippen LogP contribution in [-0.4, -0.2) is 23.3 Å². The number of ether oxygens (including phenoxy) is 1. The number of Topliss-reactive ketones (excluding diaryl/α,β-unsaturated/α-hetero) is 1. The third-order valence-electron chi connectivity index (χ3n) is 3.42. The van der Waals surface area contributed by atoms with Crippen LogP contribution in [0.2, 0.25) is 5.02 Å². The minimum absolute atomic E-state index is 0.0979. The molecule has 0 bridgehead atoms. The normalized spacial score (nSPS) is 10.4. The maximum atomic E-state index is 12.1. The number of nitrogens with zero attached hydrogens (tertiary/aromatic N) is 1. The summed E-state index contributed by atoms with van der Waals surface area (Å²) in [5.41, 5.74) is 1.39. The van der Waals surface area contributed by atoms with Crippen LogP contribution < -0.4 is 10.1 Å². The van der Waals surface area contributed by atoms with E-state index in [1.54, 1.807) is 24.3 Å². The predicted molar refractivity (Wildman–Crippen MR) is 103 cm³/mol. The van der Waals surface area contributed by atoms with E-state index in [9.17, 15) is 9.59 Å². The number of ketones is 1. The highest BCUT2D eigenvalue weighted by Crippen LogP contribution is 2.31. The number of hydrogen-bond acceptors (Lipinski definition) is 5. The highest BCUT2D eigenvalue weighted by atomic mass is 35.5. The molecule has 2 aromatic carbocycles. The lowest BCUT2D eigenvalue weighted by Crippen LogP contribution is -2.20. The number of aromatic nitrogens is 1. The fourth-order valence-corrected chi connectivity index (χ4v) is 3.26. The van der Waals surface area contributed by atoms with Gasteiger partial charge < -0.3 is 4.74 Å². The van der Waals surface area contributed by atoms with Crippen molar-refractivity contribution in [2.75, 3.05) is 11.9 Å². The smallest absolute Gasteiger partial charge is 0.264 e. The highest BCUT2D eigenvalue weighted by Gasteiger charge is 2.18. The Balaban J connectivity index is 1.70. The van der Waals surface area contributed by atoms with E-state index in [2.05, 4.69) is 10.3 Å². The maximum Gasteiger partial charge on any atom is 0.264 e. The van der Waals surface area contributed by atoms with E-state index < -0.39 is 0 Å². The molecule has 0 saturated carbocycles. The average Bonchev–Trinajstić information content (AvgIpc) is 3.06. The molecule has 0 spiro atoms. The molecule has 0 aliphatic rings. The van der Waals surface area contributed by atoms with Crippen LogP contribution in [0.15, 0.2) is 54.6 Å². The SMILES string of the molecule is CC(=O)c1sc(NC(=O)COc2ccc(Cl)cc2)nc1-c1ccccc1. The molecule has 0 aliphatic heterocycles. The zero-order valence-corrected chi connectivity index (χ0v) is 15.4. The first-order valence-corrected chi connectivity index (χ1v) is 8.98. The van der Waals surface area contributed by atoms with Gasteiger partial charge in [0.1, 0.15) is 5.75 Å². The van der Waals surface area contributed by atoms with Crippen molar-refractivity contribution >= 4 is 39.8 Å². The van der Waals surface area contributed by atoms with Gasteiger partial charge in [-0.15, -0.1) is 0 Å². The second-order valence-electron chi connectivity index (χ2n) is 5.41. The van der Waals surface area contributed by atoms with Crippen LogP contribution in [0.3, 0.4) is 0 Å². The largest absolute Gasteiger partial charge is 0.484 e. The van der Waals surface area contributed by atoms with Gasteiger partial charge in [-0.25, -0.2) is 4.98 Å². The molecule has 0 radical (unpaired) electrons. The van der Waals surface area contributed by atoms with Crippen molar-refractivity contribution < 1.29 is 14.3 Å². The quantitative estimate of drug-likeness (QED) is 0.624. The molecule has 3 rings (SSSR count). The van der Waals surface area contributed by atoms with Gasteiger partial charge in [-0.3, -0.25) is 14.9 Å². The first-order valence-electron chi connectivity index (χ1n) is 7.78. The Morgan fingerprint density at radius 1 is 1.12 bits per heavy atom. The average molecular weight is 387 g/mol. The Hall–Kier alpha value is -2.70. The van der Waals surface area contributed by atoms with Gasteiger partial charge in [0.25, 0.3) is 5.91 Å². The summed E-state index contributed by atoms with van der Waals surface area (Å²) in [6.45, 7) is 1.31. The zero-order valence-electron chi connectivity index (χ0n) is 13.9. The molecule has 1 heterocycles. The number of amides is 1. The van der Waals surface area contributed by atoms with Crippen molar-refractivity contribution in [2.24, 2.45) is 0 Å². The highest BCUT2D eigenvalue weighted by molar-refractivity contribution is 7.18. The van der Waals surface area contributed by atoms with Gasteiger partial charge >= 0.3 is 0 Å². The van der Waals surface area contributed by atoms with E-state index in [1.165, 1.54) is 6.92 Å². The molecular weight excluding hydrogens is 372 g/mol. The molecule has 3 aromatic rings. The van der Waals surface area contributed by atoms with E-state index in [-0.39, 0.29) is 18.3 Å². The summed E-state index contributed by atoms with van der Waals surface area (Å²) in [4.78, 5) is 28.9. The van der Waals surface area contributed by atoms with Gasteiger partial charge in [-0.2, -0.15) is 0 Å². The van der Waals surface area contributed by atoms with Crippen molar-refractivity contribution in [1.29, 1.82) is 0 Å². The summed E-state index contributed by atoms with van der Waals surface area (Å²) >= 11 is 6.95. The molecule has 132 valence electrons. The molecule has 7 heteroatoms. The second-order valence-corrected chi connectivity index (χ2v) is 6.85. The van der Waals surface area contributed by atoms with E-state index in [0.29, 0.717) is 26.5 Å². The van der Waals surface area contributed by atoms with Gasteiger partial charge in [-0.05, 0) is 24.3 Å². The van der Waals surface area contributed by atoms with E-state index in [1.807, 2.05) is 30.3 Å². The van der Waals surface area contributed by atoms with Crippen LogP contribution in [0.4, 0.5) is 5.13 Å². The van der Waals surface area contributed by atoms with Crippen molar-refractivity contribution in [3.05, 3.63) is 64.5 Å². The van der Waals surface area contributed by atoms with Gasteiger partial charge in [0.2, 0.25) is 0 Å². The Kier molecular flexibility index (Phi) is 5.65. The fraction of sp³-hybridized carbons (Fsp3) is 0.105. The monoisotopic (exact) mass is 386 g/mol. The first kappa shape index (κ1) is 18.1. The number of rotatable bonds is 6. The number of nitrogens with one attached hydrogen (secondary N) is 1. The van der Waals surface area contributed by atoms with E-state index in [0.717, 1.165) is 16.9 Å². The van der Waals surface area contributed by atoms with Crippen LogP contribution in [-0.2, 0) is 4.79 Å². The molecule has 0 unspecified atom stereocenters. The molecule has 0 atom stereocenters. The van der Waals surface area contributed by atoms with Crippen LogP contribution >= 0.6 is 22.9 Å². The maximum absolute atomic E-state index is 12.1. The molecule has 26 heavy (non-hydrogen) atoms. The van der Waals surface area contributed by atoms with Crippen molar-refractivity contribution in [2.45, 2.75) is 6.92 Å². The number of thiazole rings is 1. The molecule has 1 N–H and O–H groups in total. The van der Waals surface area contributed by atoms with Crippen LogP contribution in [0.1, 0.15) is 16.6 Å². The molecule has 1 amide bonds. The number of carbonyl (C=O) groups is 2. The summed E-state index contributed by atoms with van der Waals surface area (Å²) < 4.78 is 5.40. The minimum atomic E-state index is -0.358. The zero-order chi connectivity index (χ0) is 18.5. The molecular formula is C19H15ClN2O3S. The standard InChI is InChI=1S/C19H15ClN2O3S/c1-12(23)18-17(13-5-3-2-4-6-13)22-19(26-18)21-16(24)11-25-15-9-7-14(20)8-10-15/h2-10H,11H2,1H3,(H,21,22,24). The summed E-state index contributed by atoms with van der Waals surface area (Å²) in [7, 11) is 0. The Bertz CT molecular complexity index is 924. The Labute approximate surface area is 159 Å². The van der Waals surface area contributed by atoms with E-state index >= 15 is 0 Å². The third-order valence-corrected chi connectivity index (χ3v) is 4.75. The summed E-state index contributed by atoms with van der Waals surface area (Å²) in [6, 6.07) is 16.1.